The quantitative estimate of drug-likeness (QED) is 0.369. The van der Waals surface area contributed by atoms with Crippen LogP contribution in [0.2, 0.25) is 0 Å². The molecule has 2 aromatic heterocycles. The maximum atomic E-state index is 14.8. The standard InChI is InChI=1S/C23H22FNOS.C2H6/c1-5-12(2)16-7-6-15(11-18(16)24)19-13(3)10-14(4)21-20(19)17-8-9-27-22(17)23(26)25-21;1-2/h6-12H,5H2,1-4H3,(H,25,26);1-2H3. The van der Waals surface area contributed by atoms with Crippen molar-refractivity contribution in [1.82, 2.24) is 4.98 Å². The number of rotatable bonds is 3. The van der Waals surface area contributed by atoms with Crippen LogP contribution in [0.4, 0.5) is 4.39 Å². The van der Waals surface area contributed by atoms with Gasteiger partial charge in [-0.15, -0.1) is 11.3 Å². The summed E-state index contributed by atoms with van der Waals surface area (Å²) in [6.07, 6.45) is 0.902. The van der Waals surface area contributed by atoms with E-state index in [0.29, 0.717) is 4.70 Å². The fourth-order valence-corrected chi connectivity index (χ4v) is 4.74. The molecule has 2 heterocycles. The minimum absolute atomic E-state index is 0.0660. The number of halogens is 1. The third-order valence-corrected chi connectivity index (χ3v) is 6.45. The summed E-state index contributed by atoms with van der Waals surface area (Å²) in [6, 6.07) is 9.60. The van der Waals surface area contributed by atoms with Gasteiger partial charge in [-0.1, -0.05) is 45.9 Å². The number of benzene rings is 2. The molecule has 0 aliphatic heterocycles. The lowest BCUT2D eigenvalue weighted by Crippen LogP contribution is -2.06. The summed E-state index contributed by atoms with van der Waals surface area (Å²) in [4.78, 5) is 15.5. The largest absolute Gasteiger partial charge is 0.320 e. The van der Waals surface area contributed by atoms with Gasteiger partial charge in [0.2, 0.25) is 0 Å². The Morgan fingerprint density at radius 3 is 2.48 bits per heavy atom. The summed E-state index contributed by atoms with van der Waals surface area (Å²) < 4.78 is 15.6. The van der Waals surface area contributed by atoms with Crippen molar-refractivity contribution in [2.75, 3.05) is 0 Å². The van der Waals surface area contributed by atoms with E-state index in [4.69, 9.17) is 0 Å². The van der Waals surface area contributed by atoms with Crippen LogP contribution in [0.3, 0.4) is 0 Å². The Morgan fingerprint density at radius 2 is 1.83 bits per heavy atom. The monoisotopic (exact) mass is 409 g/mol. The molecule has 0 saturated heterocycles. The van der Waals surface area contributed by atoms with Crippen molar-refractivity contribution in [2.45, 2.75) is 53.9 Å². The van der Waals surface area contributed by atoms with E-state index < -0.39 is 0 Å². The van der Waals surface area contributed by atoms with E-state index >= 15 is 0 Å². The van der Waals surface area contributed by atoms with Gasteiger partial charge < -0.3 is 4.98 Å². The second-order valence-corrected chi connectivity index (χ2v) is 8.21. The van der Waals surface area contributed by atoms with Crippen molar-refractivity contribution >= 4 is 32.3 Å². The van der Waals surface area contributed by atoms with Gasteiger partial charge in [-0.2, -0.15) is 0 Å². The molecule has 0 radical (unpaired) electrons. The minimum Gasteiger partial charge on any atom is -0.320 e. The predicted octanol–water partition coefficient (Wildman–Crippen LogP) is 7.71. The van der Waals surface area contributed by atoms with Crippen LogP contribution in [0.5, 0.6) is 0 Å². The molecule has 2 nitrogen and oxygen atoms in total. The SMILES string of the molecule is CC.CCC(C)c1ccc(-c2c(C)cc(C)c3[nH]c(=O)c4sccc4c23)cc1F. The second kappa shape index (κ2) is 8.50. The molecule has 0 aliphatic carbocycles. The van der Waals surface area contributed by atoms with Gasteiger partial charge in [0, 0.05) is 10.8 Å². The maximum absolute atomic E-state index is 14.8. The van der Waals surface area contributed by atoms with E-state index in [-0.39, 0.29) is 17.3 Å². The molecule has 152 valence electrons. The number of fused-ring (bicyclic) bond motifs is 3. The second-order valence-electron chi connectivity index (χ2n) is 7.30. The molecule has 4 heteroatoms. The zero-order valence-corrected chi connectivity index (χ0v) is 18.8. The summed E-state index contributed by atoms with van der Waals surface area (Å²) in [6.45, 7) is 12.2. The Morgan fingerprint density at radius 1 is 1.10 bits per heavy atom. The molecule has 0 bridgehead atoms. The lowest BCUT2D eigenvalue weighted by atomic mass is 9.90. The van der Waals surface area contributed by atoms with E-state index in [9.17, 15) is 9.18 Å². The maximum Gasteiger partial charge on any atom is 0.266 e. The summed E-state index contributed by atoms with van der Waals surface area (Å²) in [5.74, 6) is 0.0239. The first-order chi connectivity index (χ1) is 13.9. The zero-order valence-electron chi connectivity index (χ0n) is 17.9. The molecule has 1 unspecified atom stereocenters. The van der Waals surface area contributed by atoms with E-state index in [2.05, 4.69) is 18.0 Å². The molecule has 0 aliphatic rings. The normalized spacial score (nSPS) is 12.1. The lowest BCUT2D eigenvalue weighted by Gasteiger charge is -2.16. The van der Waals surface area contributed by atoms with Crippen molar-refractivity contribution in [1.29, 1.82) is 0 Å². The highest BCUT2D eigenvalue weighted by atomic mass is 32.1. The van der Waals surface area contributed by atoms with Gasteiger partial charge in [-0.05, 0) is 71.5 Å². The number of aromatic nitrogens is 1. The number of aryl methyl sites for hydroxylation is 2. The van der Waals surface area contributed by atoms with Crippen LogP contribution in [0.15, 0.2) is 40.5 Å². The molecular weight excluding hydrogens is 381 g/mol. The van der Waals surface area contributed by atoms with Crippen LogP contribution in [0.25, 0.3) is 32.1 Å². The molecule has 0 amide bonds. The van der Waals surface area contributed by atoms with Crippen LogP contribution in [0.1, 0.15) is 56.7 Å². The van der Waals surface area contributed by atoms with Crippen LogP contribution in [-0.2, 0) is 0 Å². The van der Waals surface area contributed by atoms with Gasteiger partial charge >= 0.3 is 0 Å². The molecule has 0 spiro atoms. The highest BCUT2D eigenvalue weighted by Gasteiger charge is 2.17. The van der Waals surface area contributed by atoms with Crippen molar-refractivity contribution < 1.29 is 4.39 Å². The van der Waals surface area contributed by atoms with Crippen LogP contribution in [0, 0.1) is 19.7 Å². The van der Waals surface area contributed by atoms with Gasteiger partial charge in [0.1, 0.15) is 10.5 Å². The Balaban J connectivity index is 0.00000117. The van der Waals surface area contributed by atoms with Crippen molar-refractivity contribution in [3.05, 3.63) is 68.6 Å². The fourth-order valence-electron chi connectivity index (χ4n) is 3.95. The third-order valence-electron chi connectivity index (χ3n) is 5.53. The van der Waals surface area contributed by atoms with E-state index in [1.165, 1.54) is 11.3 Å². The predicted molar refractivity (Wildman–Crippen MR) is 125 cm³/mol. The number of aromatic amines is 1. The molecule has 4 aromatic rings. The summed E-state index contributed by atoms with van der Waals surface area (Å²) in [7, 11) is 0. The van der Waals surface area contributed by atoms with Gasteiger partial charge in [-0.3, -0.25) is 4.79 Å². The molecule has 4 rings (SSSR count). The Kier molecular flexibility index (Phi) is 6.23. The lowest BCUT2D eigenvalue weighted by molar-refractivity contribution is 0.584. The first-order valence-electron chi connectivity index (χ1n) is 10.3. The highest BCUT2D eigenvalue weighted by molar-refractivity contribution is 7.17. The molecular formula is C25H28FNOS. The summed E-state index contributed by atoms with van der Waals surface area (Å²) in [5, 5.41) is 3.87. The van der Waals surface area contributed by atoms with Crippen molar-refractivity contribution in [2.24, 2.45) is 0 Å². The Bertz CT molecular complexity index is 1240. The first kappa shape index (κ1) is 21.3. The van der Waals surface area contributed by atoms with E-state index in [1.807, 2.05) is 58.2 Å². The number of H-pyrrole nitrogens is 1. The van der Waals surface area contributed by atoms with Crippen LogP contribution in [-0.4, -0.2) is 4.98 Å². The van der Waals surface area contributed by atoms with E-state index in [1.54, 1.807) is 6.07 Å². The van der Waals surface area contributed by atoms with Gasteiger partial charge in [-0.25, -0.2) is 4.39 Å². The fraction of sp³-hybridized carbons (Fsp3) is 0.320. The Labute approximate surface area is 175 Å². The topological polar surface area (TPSA) is 32.9 Å². The average molecular weight is 410 g/mol. The van der Waals surface area contributed by atoms with Gasteiger partial charge in [0.05, 0.1) is 5.52 Å². The summed E-state index contributed by atoms with van der Waals surface area (Å²) in [5.41, 5.74) is 5.46. The molecule has 1 atom stereocenters. The molecule has 29 heavy (non-hydrogen) atoms. The van der Waals surface area contributed by atoms with Crippen LogP contribution < -0.4 is 5.56 Å². The number of thiophene rings is 1. The van der Waals surface area contributed by atoms with E-state index in [0.717, 1.165) is 50.5 Å². The number of hydrogen-bond donors (Lipinski definition) is 1. The summed E-state index contributed by atoms with van der Waals surface area (Å²) >= 11 is 1.44. The third kappa shape index (κ3) is 3.62. The highest BCUT2D eigenvalue weighted by Crippen LogP contribution is 2.38. The average Bonchev–Trinajstić information content (AvgIpc) is 3.21. The van der Waals surface area contributed by atoms with Crippen molar-refractivity contribution in [3.63, 3.8) is 0 Å². The smallest absolute Gasteiger partial charge is 0.266 e. The molecule has 2 aromatic carbocycles. The first-order valence-corrected chi connectivity index (χ1v) is 11.1. The van der Waals surface area contributed by atoms with Crippen LogP contribution >= 0.6 is 11.3 Å². The Hall–Kier alpha value is -2.46. The molecule has 0 fully saturated rings. The van der Waals surface area contributed by atoms with Gasteiger partial charge in [0.25, 0.3) is 5.56 Å². The number of hydrogen-bond acceptors (Lipinski definition) is 2. The number of pyridine rings is 1. The molecule has 0 saturated carbocycles. The van der Waals surface area contributed by atoms with Gasteiger partial charge in [0.15, 0.2) is 0 Å². The zero-order chi connectivity index (χ0) is 21.3. The molecule has 1 N–H and O–H groups in total. The minimum atomic E-state index is -0.166. The van der Waals surface area contributed by atoms with Crippen molar-refractivity contribution in [3.8, 4) is 11.1 Å². The number of nitrogens with one attached hydrogen (secondary N) is 1.